The molecule has 2 saturated heterocycles. The van der Waals surface area contributed by atoms with Crippen molar-refractivity contribution < 1.29 is 23.0 Å². The molecule has 0 unspecified atom stereocenters. The minimum Gasteiger partial charge on any atom is -0.453 e. The molecule has 0 radical (unpaired) electrons. The number of carbonyl (C=O) groups is 1. The van der Waals surface area contributed by atoms with E-state index in [0.29, 0.717) is 62.0 Å². The van der Waals surface area contributed by atoms with Crippen molar-refractivity contribution in [2.75, 3.05) is 56.2 Å². The molecular weight excluding hydrogens is 472 g/mol. The zero-order valence-electron chi connectivity index (χ0n) is 20.5. The SMILES string of the molecule is COC(=O)N1CCN(c2cc(N3CCO[C@H](C)[C@@H]3C)nc(-n3c(C(F)F)nc4ccccc43)n2)CC1. The lowest BCUT2D eigenvalue weighted by Crippen LogP contribution is -2.50. The zero-order chi connectivity index (χ0) is 25.4. The Kier molecular flexibility index (Phi) is 6.61. The molecule has 2 atom stereocenters. The monoisotopic (exact) mass is 501 g/mol. The molecule has 12 heteroatoms. The van der Waals surface area contributed by atoms with Gasteiger partial charge in [-0.15, -0.1) is 0 Å². The second-order valence-corrected chi connectivity index (χ2v) is 8.93. The van der Waals surface area contributed by atoms with Crippen LogP contribution in [0.2, 0.25) is 0 Å². The molecule has 0 aliphatic carbocycles. The number of imidazole rings is 1. The summed E-state index contributed by atoms with van der Waals surface area (Å²) in [5, 5.41) is 0. The Labute approximate surface area is 207 Å². The van der Waals surface area contributed by atoms with Crippen molar-refractivity contribution in [1.82, 2.24) is 24.4 Å². The summed E-state index contributed by atoms with van der Waals surface area (Å²) in [5.74, 6) is 0.960. The Balaban J connectivity index is 1.60. The molecule has 0 bridgehead atoms. The first-order chi connectivity index (χ1) is 17.4. The number of ether oxygens (including phenoxy) is 2. The highest BCUT2D eigenvalue weighted by Gasteiger charge is 2.30. The fraction of sp³-hybridized carbons (Fsp3) is 0.500. The van der Waals surface area contributed by atoms with E-state index in [1.807, 2.05) is 17.9 Å². The molecule has 1 aromatic carbocycles. The number of morpholine rings is 1. The number of para-hydroxylation sites is 2. The van der Waals surface area contributed by atoms with E-state index in [0.717, 1.165) is 0 Å². The number of hydrogen-bond donors (Lipinski definition) is 0. The van der Waals surface area contributed by atoms with Crippen molar-refractivity contribution in [2.24, 2.45) is 0 Å². The predicted octanol–water partition coefficient (Wildman–Crippen LogP) is 3.26. The minimum atomic E-state index is -2.81. The Hall–Kier alpha value is -3.54. The number of alkyl halides is 2. The first kappa shape index (κ1) is 24.2. The number of amides is 1. The summed E-state index contributed by atoms with van der Waals surface area (Å²) in [5.41, 5.74) is 0.957. The largest absolute Gasteiger partial charge is 0.453 e. The van der Waals surface area contributed by atoms with Crippen LogP contribution in [0.15, 0.2) is 30.3 Å². The van der Waals surface area contributed by atoms with Gasteiger partial charge in [-0.1, -0.05) is 12.1 Å². The van der Waals surface area contributed by atoms with Crippen molar-refractivity contribution in [1.29, 1.82) is 0 Å². The van der Waals surface area contributed by atoms with Crippen LogP contribution < -0.4 is 9.80 Å². The van der Waals surface area contributed by atoms with Crippen LogP contribution in [0.5, 0.6) is 0 Å². The third-order valence-corrected chi connectivity index (χ3v) is 6.88. The summed E-state index contributed by atoms with van der Waals surface area (Å²) < 4.78 is 40.2. The molecule has 4 heterocycles. The second kappa shape index (κ2) is 9.84. The van der Waals surface area contributed by atoms with Crippen LogP contribution in [-0.4, -0.2) is 89.1 Å². The molecule has 0 spiro atoms. The number of halogens is 2. The predicted molar refractivity (Wildman–Crippen MR) is 130 cm³/mol. The lowest BCUT2D eigenvalue weighted by atomic mass is 10.1. The molecule has 0 N–H and O–H groups in total. The Morgan fingerprint density at radius 3 is 2.50 bits per heavy atom. The van der Waals surface area contributed by atoms with Crippen molar-refractivity contribution in [2.45, 2.75) is 32.4 Å². The van der Waals surface area contributed by atoms with Gasteiger partial charge in [0.1, 0.15) is 11.6 Å². The van der Waals surface area contributed by atoms with Gasteiger partial charge in [0.05, 0.1) is 36.9 Å². The van der Waals surface area contributed by atoms with E-state index < -0.39 is 12.2 Å². The summed E-state index contributed by atoms with van der Waals surface area (Å²) in [6.07, 6.45) is -3.20. The van der Waals surface area contributed by atoms with Gasteiger partial charge < -0.3 is 24.2 Å². The topological polar surface area (TPSA) is 88.9 Å². The number of fused-ring (bicyclic) bond motifs is 1. The van der Waals surface area contributed by atoms with Crippen LogP contribution in [-0.2, 0) is 9.47 Å². The van der Waals surface area contributed by atoms with Gasteiger partial charge in [-0.2, -0.15) is 9.97 Å². The van der Waals surface area contributed by atoms with Gasteiger partial charge in [0, 0.05) is 38.8 Å². The molecule has 10 nitrogen and oxygen atoms in total. The van der Waals surface area contributed by atoms with Crippen molar-refractivity contribution >= 4 is 28.8 Å². The minimum absolute atomic E-state index is 0.0186. The lowest BCUT2D eigenvalue weighted by Gasteiger charge is -2.39. The smallest absolute Gasteiger partial charge is 0.409 e. The Bertz CT molecular complexity index is 1250. The quantitative estimate of drug-likeness (QED) is 0.538. The molecule has 2 aromatic heterocycles. The van der Waals surface area contributed by atoms with Crippen molar-refractivity contribution in [3.63, 3.8) is 0 Å². The number of nitrogens with zero attached hydrogens (tertiary/aromatic N) is 7. The van der Waals surface area contributed by atoms with Gasteiger partial charge in [-0.3, -0.25) is 4.57 Å². The number of benzene rings is 1. The van der Waals surface area contributed by atoms with Crippen LogP contribution in [0, 0.1) is 0 Å². The highest BCUT2D eigenvalue weighted by Crippen LogP contribution is 2.31. The molecule has 3 aromatic rings. The molecular formula is C24H29F2N7O3. The molecule has 1 amide bonds. The maximum atomic E-state index is 14.1. The third kappa shape index (κ3) is 4.41. The molecule has 2 fully saturated rings. The first-order valence-corrected chi connectivity index (χ1v) is 12.0. The number of piperazine rings is 1. The number of rotatable bonds is 4. The molecule has 2 aliphatic heterocycles. The molecule has 0 saturated carbocycles. The van der Waals surface area contributed by atoms with Crippen molar-refractivity contribution in [3.05, 3.63) is 36.2 Å². The van der Waals surface area contributed by atoms with Gasteiger partial charge in [-0.05, 0) is 26.0 Å². The van der Waals surface area contributed by atoms with Crippen LogP contribution >= 0.6 is 0 Å². The van der Waals surface area contributed by atoms with Gasteiger partial charge in [0.25, 0.3) is 6.43 Å². The number of aromatic nitrogens is 4. The van der Waals surface area contributed by atoms with E-state index in [1.165, 1.54) is 11.7 Å². The lowest BCUT2D eigenvalue weighted by molar-refractivity contribution is 0.0281. The summed E-state index contributed by atoms with van der Waals surface area (Å²) in [6, 6.07) is 8.87. The highest BCUT2D eigenvalue weighted by atomic mass is 19.3. The molecule has 5 rings (SSSR count). The average molecular weight is 502 g/mol. The van der Waals surface area contributed by atoms with E-state index in [-0.39, 0.29) is 24.2 Å². The van der Waals surface area contributed by atoms with E-state index in [9.17, 15) is 13.6 Å². The molecule has 2 aliphatic rings. The van der Waals surface area contributed by atoms with Gasteiger partial charge >= 0.3 is 6.09 Å². The third-order valence-electron chi connectivity index (χ3n) is 6.88. The average Bonchev–Trinajstić information content (AvgIpc) is 3.30. The number of carbonyl (C=O) groups excluding carboxylic acids is 1. The summed E-state index contributed by atoms with van der Waals surface area (Å²) in [6.45, 7) is 7.17. The van der Waals surface area contributed by atoms with Crippen molar-refractivity contribution in [3.8, 4) is 5.95 Å². The fourth-order valence-electron chi connectivity index (χ4n) is 4.72. The second-order valence-electron chi connectivity index (χ2n) is 8.93. The van der Waals surface area contributed by atoms with Crippen LogP contribution in [0.1, 0.15) is 26.1 Å². The normalized spacial score (nSPS) is 20.9. The van der Waals surface area contributed by atoms with Gasteiger partial charge in [0.2, 0.25) is 5.95 Å². The zero-order valence-corrected chi connectivity index (χ0v) is 20.5. The molecule has 36 heavy (non-hydrogen) atoms. The maximum absolute atomic E-state index is 14.1. The van der Waals surface area contributed by atoms with E-state index >= 15 is 0 Å². The van der Waals surface area contributed by atoms with Gasteiger partial charge in [0.15, 0.2) is 5.82 Å². The fourth-order valence-corrected chi connectivity index (χ4v) is 4.72. The van der Waals surface area contributed by atoms with Crippen LogP contribution in [0.3, 0.4) is 0 Å². The summed E-state index contributed by atoms with van der Waals surface area (Å²) >= 11 is 0. The number of methoxy groups -OCH3 is 1. The standard InChI is InChI=1S/C24H29F2N7O3/c1-15-16(2)36-13-12-32(15)20-14-19(30-8-10-31(11-9-30)24(34)35-3)28-23(29-20)33-18-7-5-4-6-17(18)27-22(33)21(25)26/h4-7,14-16,21H,8-13H2,1-3H3/t15-,16+/m0/s1. The Morgan fingerprint density at radius 1 is 1.06 bits per heavy atom. The summed E-state index contributed by atoms with van der Waals surface area (Å²) in [4.78, 5) is 31.4. The number of anilines is 2. The number of hydrogen-bond acceptors (Lipinski definition) is 8. The van der Waals surface area contributed by atoms with E-state index in [4.69, 9.17) is 19.4 Å². The Morgan fingerprint density at radius 2 is 1.78 bits per heavy atom. The van der Waals surface area contributed by atoms with Gasteiger partial charge in [-0.25, -0.2) is 18.6 Å². The highest BCUT2D eigenvalue weighted by molar-refractivity contribution is 5.78. The van der Waals surface area contributed by atoms with Crippen LogP contribution in [0.25, 0.3) is 17.0 Å². The van der Waals surface area contributed by atoms with Crippen LogP contribution in [0.4, 0.5) is 25.2 Å². The van der Waals surface area contributed by atoms with E-state index in [2.05, 4.69) is 16.8 Å². The van der Waals surface area contributed by atoms with E-state index in [1.54, 1.807) is 29.2 Å². The summed E-state index contributed by atoms with van der Waals surface area (Å²) in [7, 11) is 1.36. The molecule has 192 valence electrons. The maximum Gasteiger partial charge on any atom is 0.409 e. The first-order valence-electron chi connectivity index (χ1n) is 12.0.